The van der Waals surface area contributed by atoms with Gasteiger partial charge in [-0.1, -0.05) is 19.9 Å². The molecule has 1 aromatic rings. The molecule has 2 rings (SSSR count). The van der Waals surface area contributed by atoms with Crippen LogP contribution in [-0.2, 0) is 0 Å². The van der Waals surface area contributed by atoms with E-state index in [2.05, 4.69) is 31.1 Å². The lowest BCUT2D eigenvalue weighted by atomic mass is 10.1. The minimum absolute atomic E-state index is 0.187. The zero-order valence-electron chi connectivity index (χ0n) is 14.7. The molecule has 1 fully saturated rings. The van der Waals surface area contributed by atoms with Gasteiger partial charge in [-0.15, -0.1) is 0 Å². The van der Waals surface area contributed by atoms with Crippen molar-refractivity contribution in [2.75, 3.05) is 39.8 Å². The Labute approximate surface area is 150 Å². The van der Waals surface area contributed by atoms with Gasteiger partial charge in [0, 0.05) is 31.7 Å². The summed E-state index contributed by atoms with van der Waals surface area (Å²) in [7, 11) is 2.09. The number of piperazine rings is 1. The second-order valence-corrected chi connectivity index (χ2v) is 7.00. The van der Waals surface area contributed by atoms with Crippen molar-refractivity contribution in [1.29, 1.82) is 0 Å². The molecule has 0 bridgehead atoms. The molecule has 1 N–H and O–H groups in total. The minimum atomic E-state index is -0.187. The molecule has 1 saturated heterocycles. The number of rotatable bonds is 5. The fourth-order valence-electron chi connectivity index (χ4n) is 2.40. The van der Waals surface area contributed by atoms with Crippen LogP contribution >= 0.6 is 12.2 Å². The van der Waals surface area contributed by atoms with Gasteiger partial charge in [-0.05, 0) is 49.8 Å². The monoisotopic (exact) mass is 349 g/mol. The molecule has 0 radical (unpaired) electrons. The summed E-state index contributed by atoms with van der Waals surface area (Å²) in [4.78, 5) is 16.7. The van der Waals surface area contributed by atoms with E-state index in [0.717, 1.165) is 32.6 Å². The fourth-order valence-corrected chi connectivity index (χ4v) is 2.67. The Morgan fingerprint density at radius 1 is 1.29 bits per heavy atom. The molecule has 0 unspecified atom stereocenters. The first-order valence-corrected chi connectivity index (χ1v) is 8.88. The molecule has 24 heavy (non-hydrogen) atoms. The van der Waals surface area contributed by atoms with E-state index in [4.69, 9.17) is 17.0 Å². The fraction of sp³-hybridized carbons (Fsp3) is 0.556. The summed E-state index contributed by atoms with van der Waals surface area (Å²) in [5, 5.41) is 3.33. The molecule has 0 saturated carbocycles. The summed E-state index contributed by atoms with van der Waals surface area (Å²) in [6.45, 7) is 8.56. The summed E-state index contributed by atoms with van der Waals surface area (Å²) in [5.74, 6) is 1.12. The molecule has 0 atom stereocenters. The van der Waals surface area contributed by atoms with Crippen LogP contribution in [0.3, 0.4) is 0 Å². The zero-order chi connectivity index (χ0) is 17.5. The number of amides is 1. The zero-order valence-corrected chi connectivity index (χ0v) is 15.6. The van der Waals surface area contributed by atoms with Crippen LogP contribution in [-0.4, -0.2) is 60.7 Å². The normalized spacial score (nSPS) is 15.4. The first-order valence-electron chi connectivity index (χ1n) is 8.47. The van der Waals surface area contributed by atoms with Crippen LogP contribution in [0.2, 0.25) is 0 Å². The lowest BCUT2D eigenvalue weighted by Gasteiger charge is -2.33. The molecule has 0 aliphatic carbocycles. The van der Waals surface area contributed by atoms with E-state index in [9.17, 15) is 4.79 Å². The summed E-state index contributed by atoms with van der Waals surface area (Å²) in [6.07, 6.45) is 0.990. The summed E-state index contributed by atoms with van der Waals surface area (Å²) >= 11 is 5.36. The number of hydrogen-bond donors (Lipinski definition) is 1. The molecule has 6 heteroatoms. The molecule has 1 aliphatic rings. The Morgan fingerprint density at radius 2 is 2.00 bits per heavy atom. The molecule has 1 amide bonds. The van der Waals surface area contributed by atoms with Crippen LogP contribution in [0, 0.1) is 5.92 Å². The highest BCUT2D eigenvalue weighted by atomic mass is 32.1. The highest BCUT2D eigenvalue weighted by molar-refractivity contribution is 7.80. The predicted molar refractivity (Wildman–Crippen MR) is 101 cm³/mol. The third kappa shape index (κ3) is 5.76. The number of benzene rings is 1. The van der Waals surface area contributed by atoms with Crippen molar-refractivity contribution in [3.63, 3.8) is 0 Å². The Kier molecular flexibility index (Phi) is 6.99. The number of carbonyl (C=O) groups is 1. The molecule has 5 nitrogen and oxygen atoms in total. The number of nitrogens with zero attached hydrogens (tertiary/aromatic N) is 2. The predicted octanol–water partition coefficient (Wildman–Crippen LogP) is 2.37. The third-order valence-electron chi connectivity index (χ3n) is 4.07. The summed E-state index contributed by atoms with van der Waals surface area (Å²) in [6, 6.07) is 7.24. The standard InChI is InChI=1S/C18H27N3O2S/c1-14(2)7-12-23-16-6-4-5-15(13-16)17(22)19-18(24)21-10-8-20(3)9-11-21/h4-6,13-14H,7-12H2,1-3H3,(H,19,22,24). The van der Waals surface area contributed by atoms with Crippen molar-refractivity contribution >= 4 is 23.2 Å². The summed E-state index contributed by atoms with van der Waals surface area (Å²) < 4.78 is 5.71. The van der Waals surface area contributed by atoms with Gasteiger partial charge in [0.15, 0.2) is 5.11 Å². The van der Waals surface area contributed by atoms with Crippen molar-refractivity contribution in [1.82, 2.24) is 15.1 Å². The van der Waals surface area contributed by atoms with Crippen molar-refractivity contribution < 1.29 is 9.53 Å². The van der Waals surface area contributed by atoms with E-state index in [0.29, 0.717) is 29.0 Å². The van der Waals surface area contributed by atoms with Crippen LogP contribution in [0.4, 0.5) is 0 Å². The van der Waals surface area contributed by atoms with Crippen LogP contribution in [0.15, 0.2) is 24.3 Å². The molecule has 1 aromatic carbocycles. The quantitative estimate of drug-likeness (QED) is 0.827. The van der Waals surface area contributed by atoms with Gasteiger partial charge in [-0.3, -0.25) is 10.1 Å². The maximum Gasteiger partial charge on any atom is 0.257 e. The highest BCUT2D eigenvalue weighted by Crippen LogP contribution is 2.14. The molecule has 0 aromatic heterocycles. The van der Waals surface area contributed by atoms with Gasteiger partial charge in [0.05, 0.1) is 6.61 Å². The van der Waals surface area contributed by atoms with E-state index in [1.165, 1.54) is 0 Å². The second-order valence-electron chi connectivity index (χ2n) is 6.61. The van der Waals surface area contributed by atoms with Gasteiger partial charge in [-0.25, -0.2) is 0 Å². The molecule has 132 valence electrons. The minimum Gasteiger partial charge on any atom is -0.494 e. The van der Waals surface area contributed by atoms with Crippen LogP contribution in [0.5, 0.6) is 5.75 Å². The lowest BCUT2D eigenvalue weighted by Crippen LogP contribution is -2.51. The van der Waals surface area contributed by atoms with Crippen molar-refractivity contribution in [3.8, 4) is 5.75 Å². The lowest BCUT2D eigenvalue weighted by molar-refractivity contribution is 0.0970. The molecule has 1 aliphatic heterocycles. The van der Waals surface area contributed by atoms with Crippen molar-refractivity contribution in [2.45, 2.75) is 20.3 Å². The first kappa shape index (κ1) is 18.7. The van der Waals surface area contributed by atoms with E-state index < -0.39 is 0 Å². The van der Waals surface area contributed by atoms with Crippen molar-refractivity contribution in [2.24, 2.45) is 5.92 Å². The maximum absolute atomic E-state index is 12.4. The molecular formula is C18H27N3O2S. The van der Waals surface area contributed by atoms with E-state index in [1.54, 1.807) is 12.1 Å². The van der Waals surface area contributed by atoms with Crippen LogP contribution in [0.25, 0.3) is 0 Å². The Morgan fingerprint density at radius 3 is 2.67 bits per heavy atom. The van der Waals surface area contributed by atoms with Gasteiger partial charge < -0.3 is 14.5 Å². The van der Waals surface area contributed by atoms with Gasteiger partial charge in [0.25, 0.3) is 5.91 Å². The van der Waals surface area contributed by atoms with E-state index in [-0.39, 0.29) is 5.91 Å². The van der Waals surface area contributed by atoms with Crippen LogP contribution < -0.4 is 10.1 Å². The Balaban J connectivity index is 1.88. The number of likely N-dealkylation sites (N-methyl/N-ethyl adjacent to an activating group) is 1. The van der Waals surface area contributed by atoms with Gasteiger partial charge in [0.1, 0.15) is 5.75 Å². The Hall–Kier alpha value is -1.66. The van der Waals surface area contributed by atoms with Gasteiger partial charge in [0.2, 0.25) is 0 Å². The number of ether oxygens (including phenoxy) is 1. The molecular weight excluding hydrogens is 322 g/mol. The summed E-state index contributed by atoms with van der Waals surface area (Å²) in [5.41, 5.74) is 0.563. The molecule has 0 spiro atoms. The number of carbonyl (C=O) groups excluding carboxylic acids is 1. The topological polar surface area (TPSA) is 44.8 Å². The second kappa shape index (κ2) is 8.99. The number of thiocarbonyl (C=S) groups is 1. The Bertz CT molecular complexity index is 569. The third-order valence-corrected chi connectivity index (χ3v) is 4.43. The SMILES string of the molecule is CC(C)CCOc1cccc(C(=O)NC(=S)N2CCN(C)CC2)c1. The average Bonchev–Trinajstić information content (AvgIpc) is 2.55. The first-order chi connectivity index (χ1) is 11.5. The van der Waals surface area contributed by atoms with Crippen LogP contribution in [0.1, 0.15) is 30.6 Å². The largest absolute Gasteiger partial charge is 0.494 e. The number of hydrogen-bond acceptors (Lipinski definition) is 4. The molecule has 1 heterocycles. The number of nitrogens with one attached hydrogen (secondary N) is 1. The maximum atomic E-state index is 12.4. The van der Waals surface area contributed by atoms with Gasteiger partial charge >= 0.3 is 0 Å². The van der Waals surface area contributed by atoms with E-state index >= 15 is 0 Å². The average molecular weight is 350 g/mol. The highest BCUT2D eigenvalue weighted by Gasteiger charge is 2.18. The van der Waals surface area contributed by atoms with E-state index in [1.807, 2.05) is 17.0 Å². The van der Waals surface area contributed by atoms with Crippen molar-refractivity contribution in [3.05, 3.63) is 29.8 Å². The smallest absolute Gasteiger partial charge is 0.257 e. The van der Waals surface area contributed by atoms with Gasteiger partial charge in [-0.2, -0.15) is 0 Å².